The first-order valence-electron chi connectivity index (χ1n) is 4.30. The second kappa shape index (κ2) is 3.21. The van der Waals surface area contributed by atoms with Gasteiger partial charge in [-0.2, -0.15) is 0 Å². The van der Waals surface area contributed by atoms with Gasteiger partial charge in [-0.3, -0.25) is 0 Å². The Hall–Kier alpha value is -1.71. The Morgan fingerprint density at radius 3 is 2.79 bits per heavy atom. The van der Waals surface area contributed by atoms with Crippen LogP contribution in [0.2, 0.25) is 0 Å². The fourth-order valence-electron chi connectivity index (χ4n) is 1.38. The molecule has 14 heavy (non-hydrogen) atoms. The minimum atomic E-state index is -0.210. The summed E-state index contributed by atoms with van der Waals surface area (Å²) < 4.78 is 15.2. The molecular formula is C10H10FN3. The van der Waals surface area contributed by atoms with Gasteiger partial charge in [-0.1, -0.05) is 17.3 Å². The van der Waals surface area contributed by atoms with E-state index in [0.29, 0.717) is 16.8 Å². The van der Waals surface area contributed by atoms with Crippen molar-refractivity contribution in [1.29, 1.82) is 0 Å². The van der Waals surface area contributed by atoms with Gasteiger partial charge in [0, 0.05) is 12.6 Å². The lowest BCUT2D eigenvalue weighted by Crippen LogP contribution is -1.96. The Morgan fingerprint density at radius 2 is 2.14 bits per heavy atom. The SMILES string of the molecule is Cc1cccc(-c2cnnn2C)c1F. The van der Waals surface area contributed by atoms with Crippen LogP contribution in [-0.4, -0.2) is 15.0 Å². The minimum absolute atomic E-state index is 0.210. The molecule has 0 spiro atoms. The molecule has 1 heterocycles. The van der Waals surface area contributed by atoms with Crippen LogP contribution in [0.5, 0.6) is 0 Å². The first-order valence-corrected chi connectivity index (χ1v) is 4.30. The third-order valence-corrected chi connectivity index (χ3v) is 2.18. The molecule has 1 aromatic carbocycles. The lowest BCUT2D eigenvalue weighted by atomic mass is 10.1. The van der Waals surface area contributed by atoms with E-state index in [0.717, 1.165) is 0 Å². The van der Waals surface area contributed by atoms with E-state index in [1.165, 1.54) is 0 Å². The van der Waals surface area contributed by atoms with Crippen molar-refractivity contribution in [1.82, 2.24) is 15.0 Å². The smallest absolute Gasteiger partial charge is 0.135 e. The highest BCUT2D eigenvalue weighted by molar-refractivity contribution is 5.60. The number of rotatable bonds is 1. The monoisotopic (exact) mass is 191 g/mol. The molecule has 0 atom stereocenters. The number of hydrogen-bond donors (Lipinski definition) is 0. The van der Waals surface area contributed by atoms with E-state index in [-0.39, 0.29) is 5.82 Å². The molecule has 0 radical (unpaired) electrons. The molecule has 0 saturated heterocycles. The lowest BCUT2D eigenvalue weighted by Gasteiger charge is -2.04. The van der Waals surface area contributed by atoms with Crippen molar-refractivity contribution in [2.24, 2.45) is 7.05 Å². The van der Waals surface area contributed by atoms with Gasteiger partial charge in [0.05, 0.1) is 11.9 Å². The second-order valence-corrected chi connectivity index (χ2v) is 3.18. The number of nitrogens with zero attached hydrogens (tertiary/aromatic N) is 3. The number of aromatic nitrogens is 3. The summed E-state index contributed by atoms with van der Waals surface area (Å²) in [5.74, 6) is -0.210. The van der Waals surface area contributed by atoms with E-state index >= 15 is 0 Å². The van der Waals surface area contributed by atoms with Gasteiger partial charge in [-0.15, -0.1) is 5.10 Å². The van der Waals surface area contributed by atoms with Crippen LogP contribution in [0.15, 0.2) is 24.4 Å². The summed E-state index contributed by atoms with van der Waals surface area (Å²) in [6.07, 6.45) is 1.55. The molecular weight excluding hydrogens is 181 g/mol. The molecule has 0 N–H and O–H groups in total. The van der Waals surface area contributed by atoms with E-state index in [1.807, 2.05) is 6.07 Å². The molecule has 2 rings (SSSR count). The summed E-state index contributed by atoms with van der Waals surface area (Å²) in [5.41, 5.74) is 1.85. The van der Waals surface area contributed by atoms with Gasteiger partial charge in [-0.25, -0.2) is 9.07 Å². The van der Waals surface area contributed by atoms with Crippen molar-refractivity contribution < 1.29 is 4.39 Å². The number of aryl methyl sites for hydroxylation is 2. The molecule has 0 aliphatic rings. The molecule has 0 amide bonds. The van der Waals surface area contributed by atoms with Gasteiger partial charge in [-0.05, 0) is 18.6 Å². The van der Waals surface area contributed by atoms with E-state index in [4.69, 9.17) is 0 Å². The zero-order valence-corrected chi connectivity index (χ0v) is 8.03. The Labute approximate surface area is 81.2 Å². The van der Waals surface area contributed by atoms with Crippen molar-refractivity contribution in [3.63, 3.8) is 0 Å². The van der Waals surface area contributed by atoms with Gasteiger partial charge in [0.1, 0.15) is 5.82 Å². The fourth-order valence-corrected chi connectivity index (χ4v) is 1.38. The van der Waals surface area contributed by atoms with E-state index in [2.05, 4.69) is 10.3 Å². The topological polar surface area (TPSA) is 30.7 Å². The molecule has 0 bridgehead atoms. The number of hydrogen-bond acceptors (Lipinski definition) is 2. The maximum atomic E-state index is 13.7. The molecule has 3 nitrogen and oxygen atoms in total. The zero-order chi connectivity index (χ0) is 10.1. The van der Waals surface area contributed by atoms with Crippen LogP contribution in [0.25, 0.3) is 11.3 Å². The van der Waals surface area contributed by atoms with E-state index < -0.39 is 0 Å². The van der Waals surface area contributed by atoms with Crippen molar-refractivity contribution in [2.45, 2.75) is 6.92 Å². The lowest BCUT2D eigenvalue weighted by molar-refractivity contribution is 0.618. The maximum absolute atomic E-state index is 13.7. The van der Waals surface area contributed by atoms with Crippen LogP contribution < -0.4 is 0 Å². The summed E-state index contributed by atoms with van der Waals surface area (Å²) in [4.78, 5) is 0. The summed E-state index contributed by atoms with van der Waals surface area (Å²) in [6, 6.07) is 5.28. The first-order chi connectivity index (χ1) is 6.70. The van der Waals surface area contributed by atoms with Gasteiger partial charge >= 0.3 is 0 Å². The zero-order valence-electron chi connectivity index (χ0n) is 8.03. The van der Waals surface area contributed by atoms with Crippen LogP contribution in [0.3, 0.4) is 0 Å². The molecule has 0 aliphatic carbocycles. The molecule has 4 heteroatoms. The highest BCUT2D eigenvalue weighted by Crippen LogP contribution is 2.22. The first kappa shape index (κ1) is 8.87. The summed E-state index contributed by atoms with van der Waals surface area (Å²) in [7, 11) is 1.74. The molecule has 72 valence electrons. The predicted octanol–water partition coefficient (Wildman–Crippen LogP) is 1.93. The molecule has 0 saturated carbocycles. The predicted molar refractivity (Wildman–Crippen MR) is 51.1 cm³/mol. The third kappa shape index (κ3) is 1.28. The van der Waals surface area contributed by atoms with E-state index in [1.54, 1.807) is 37.0 Å². The highest BCUT2D eigenvalue weighted by Gasteiger charge is 2.10. The summed E-state index contributed by atoms with van der Waals surface area (Å²) in [5, 5.41) is 7.48. The van der Waals surface area contributed by atoms with Gasteiger partial charge in [0.15, 0.2) is 0 Å². The molecule has 0 fully saturated rings. The van der Waals surface area contributed by atoms with Crippen LogP contribution in [0.1, 0.15) is 5.56 Å². The number of halogens is 1. The van der Waals surface area contributed by atoms with Gasteiger partial charge in [0.25, 0.3) is 0 Å². The minimum Gasteiger partial charge on any atom is -0.248 e. The average molecular weight is 191 g/mol. The molecule has 0 aliphatic heterocycles. The van der Waals surface area contributed by atoms with Crippen molar-refractivity contribution in [2.75, 3.05) is 0 Å². The van der Waals surface area contributed by atoms with Gasteiger partial charge < -0.3 is 0 Å². The Balaban J connectivity index is 2.63. The summed E-state index contributed by atoms with van der Waals surface area (Å²) in [6.45, 7) is 1.74. The van der Waals surface area contributed by atoms with Gasteiger partial charge in [0.2, 0.25) is 0 Å². The average Bonchev–Trinajstić information content (AvgIpc) is 2.57. The number of benzene rings is 1. The van der Waals surface area contributed by atoms with E-state index in [9.17, 15) is 4.39 Å². The largest absolute Gasteiger partial charge is 0.248 e. The van der Waals surface area contributed by atoms with Crippen LogP contribution in [-0.2, 0) is 7.05 Å². The standard InChI is InChI=1S/C10H10FN3/c1-7-4-3-5-8(10(7)11)9-6-12-13-14(9)2/h3-6H,1-2H3. The normalized spacial score (nSPS) is 10.5. The van der Waals surface area contributed by atoms with Crippen molar-refractivity contribution in [3.8, 4) is 11.3 Å². The fraction of sp³-hybridized carbons (Fsp3) is 0.200. The van der Waals surface area contributed by atoms with Crippen molar-refractivity contribution >= 4 is 0 Å². The molecule has 0 unspecified atom stereocenters. The molecule has 1 aromatic heterocycles. The second-order valence-electron chi connectivity index (χ2n) is 3.18. The van der Waals surface area contributed by atoms with Crippen molar-refractivity contribution in [3.05, 3.63) is 35.8 Å². The summed E-state index contributed by atoms with van der Waals surface area (Å²) >= 11 is 0. The Morgan fingerprint density at radius 1 is 1.36 bits per heavy atom. The van der Waals surface area contributed by atoms with Crippen LogP contribution >= 0.6 is 0 Å². The quantitative estimate of drug-likeness (QED) is 0.689. The van der Waals surface area contributed by atoms with Crippen LogP contribution in [0, 0.1) is 12.7 Å². The Bertz CT molecular complexity index is 462. The maximum Gasteiger partial charge on any atom is 0.135 e. The highest BCUT2D eigenvalue weighted by atomic mass is 19.1. The molecule has 2 aromatic rings. The van der Waals surface area contributed by atoms with Crippen LogP contribution in [0.4, 0.5) is 4.39 Å². The third-order valence-electron chi connectivity index (χ3n) is 2.18. The Kier molecular flexibility index (Phi) is 2.04.